The van der Waals surface area contributed by atoms with Gasteiger partial charge < -0.3 is 10.1 Å². The SMILES string of the molecule is Cn1cc(-c2ccc(Cc3nn(C4CCCCO4)c4ccc(Nc5ccncc5)cc34)cc2)cn1. The van der Waals surface area contributed by atoms with Crippen LogP contribution in [-0.2, 0) is 18.2 Å². The molecule has 5 aromatic rings. The molecule has 1 aliphatic rings. The Hall–Kier alpha value is -3.97. The number of aryl methyl sites for hydroxylation is 1. The average Bonchev–Trinajstić information content (AvgIpc) is 3.49. The van der Waals surface area contributed by atoms with E-state index in [4.69, 9.17) is 9.84 Å². The van der Waals surface area contributed by atoms with E-state index in [0.29, 0.717) is 0 Å². The molecule has 6 rings (SSSR count). The number of pyridine rings is 1. The lowest BCUT2D eigenvalue weighted by atomic mass is 10.0. The van der Waals surface area contributed by atoms with E-state index in [1.54, 1.807) is 12.4 Å². The zero-order chi connectivity index (χ0) is 23.6. The Labute approximate surface area is 204 Å². The second-order valence-electron chi connectivity index (χ2n) is 9.08. The molecule has 7 nitrogen and oxygen atoms in total. The second-order valence-corrected chi connectivity index (χ2v) is 9.08. The van der Waals surface area contributed by atoms with E-state index in [2.05, 4.69) is 62.5 Å². The lowest BCUT2D eigenvalue weighted by molar-refractivity contribution is -0.0368. The largest absolute Gasteiger partial charge is 0.356 e. The number of ether oxygens (including phenoxy) is 1. The normalized spacial score (nSPS) is 16.0. The molecule has 2 aromatic carbocycles. The van der Waals surface area contributed by atoms with Gasteiger partial charge in [-0.1, -0.05) is 24.3 Å². The molecule has 0 amide bonds. The van der Waals surface area contributed by atoms with Gasteiger partial charge in [0.1, 0.15) is 0 Å². The number of hydrogen-bond donors (Lipinski definition) is 1. The molecule has 0 bridgehead atoms. The van der Waals surface area contributed by atoms with E-state index in [-0.39, 0.29) is 6.23 Å². The van der Waals surface area contributed by atoms with Crippen molar-refractivity contribution in [3.8, 4) is 11.1 Å². The third-order valence-corrected chi connectivity index (χ3v) is 6.54. The number of hydrogen-bond acceptors (Lipinski definition) is 5. The van der Waals surface area contributed by atoms with Gasteiger partial charge in [0.2, 0.25) is 0 Å². The van der Waals surface area contributed by atoms with Crippen LogP contribution in [-0.4, -0.2) is 31.2 Å². The maximum atomic E-state index is 6.10. The fourth-order valence-corrected chi connectivity index (χ4v) is 4.73. The van der Waals surface area contributed by atoms with Gasteiger partial charge in [-0.05, 0) is 60.7 Å². The van der Waals surface area contributed by atoms with E-state index in [1.807, 2.05) is 36.3 Å². The summed E-state index contributed by atoms with van der Waals surface area (Å²) in [4.78, 5) is 4.11. The monoisotopic (exact) mass is 464 g/mol. The number of aromatic nitrogens is 5. The van der Waals surface area contributed by atoms with E-state index >= 15 is 0 Å². The zero-order valence-corrected chi connectivity index (χ0v) is 19.8. The molecule has 1 N–H and O–H groups in total. The number of rotatable bonds is 6. The summed E-state index contributed by atoms with van der Waals surface area (Å²) in [5, 5.41) is 14.0. The van der Waals surface area contributed by atoms with Crippen molar-refractivity contribution in [2.24, 2.45) is 7.05 Å². The summed E-state index contributed by atoms with van der Waals surface area (Å²) < 4.78 is 10.0. The van der Waals surface area contributed by atoms with Gasteiger partial charge in [0.15, 0.2) is 6.23 Å². The Morgan fingerprint density at radius 2 is 1.83 bits per heavy atom. The van der Waals surface area contributed by atoms with Gasteiger partial charge in [-0.15, -0.1) is 0 Å². The van der Waals surface area contributed by atoms with Crippen LogP contribution in [0.4, 0.5) is 11.4 Å². The maximum absolute atomic E-state index is 6.10. The third-order valence-electron chi connectivity index (χ3n) is 6.54. The molecule has 1 fully saturated rings. The first-order chi connectivity index (χ1) is 17.2. The summed E-state index contributed by atoms with van der Waals surface area (Å²) in [6.45, 7) is 0.791. The number of benzene rings is 2. The Balaban J connectivity index is 1.34. The van der Waals surface area contributed by atoms with Crippen molar-refractivity contribution >= 4 is 22.3 Å². The summed E-state index contributed by atoms with van der Waals surface area (Å²) in [5.41, 5.74) is 7.71. The molecule has 0 spiro atoms. The molecule has 176 valence electrons. The molecule has 35 heavy (non-hydrogen) atoms. The number of nitrogens with one attached hydrogen (secondary N) is 1. The summed E-state index contributed by atoms with van der Waals surface area (Å²) in [6.07, 6.45) is 11.5. The molecule has 3 aromatic heterocycles. The quantitative estimate of drug-likeness (QED) is 0.341. The van der Waals surface area contributed by atoms with Crippen LogP contribution in [0, 0.1) is 0 Å². The summed E-state index contributed by atoms with van der Waals surface area (Å²) in [7, 11) is 1.94. The average molecular weight is 465 g/mol. The van der Waals surface area contributed by atoms with Crippen molar-refractivity contribution in [3.63, 3.8) is 0 Å². The van der Waals surface area contributed by atoms with Crippen LogP contribution in [0.2, 0.25) is 0 Å². The molecule has 0 radical (unpaired) electrons. The first kappa shape index (κ1) is 21.6. The molecule has 1 aliphatic heterocycles. The van der Waals surface area contributed by atoms with Crippen LogP contribution in [0.15, 0.2) is 79.4 Å². The first-order valence-electron chi connectivity index (χ1n) is 12.1. The Morgan fingerprint density at radius 1 is 0.971 bits per heavy atom. The summed E-state index contributed by atoms with van der Waals surface area (Å²) >= 11 is 0. The highest BCUT2D eigenvalue weighted by molar-refractivity contribution is 5.86. The lowest BCUT2D eigenvalue weighted by Crippen LogP contribution is -2.19. The molecule has 1 unspecified atom stereocenters. The molecular weight excluding hydrogens is 436 g/mol. The highest BCUT2D eigenvalue weighted by Gasteiger charge is 2.21. The molecule has 7 heteroatoms. The standard InChI is InChI=1S/C28H28N6O/c1-33-19-22(18-30-33)21-7-5-20(6-8-21)16-26-25-17-24(31-23-11-13-29-14-12-23)9-10-27(25)34(32-26)28-4-2-3-15-35-28/h5-14,17-19,28H,2-4,15-16H2,1H3,(H,29,31). The topological polar surface area (TPSA) is 69.8 Å². The van der Waals surface area contributed by atoms with Gasteiger partial charge in [0.05, 0.1) is 17.4 Å². The molecule has 1 saturated heterocycles. The first-order valence-corrected chi connectivity index (χ1v) is 12.1. The van der Waals surface area contributed by atoms with Crippen LogP contribution in [0.1, 0.15) is 36.7 Å². The van der Waals surface area contributed by atoms with E-state index < -0.39 is 0 Å². The van der Waals surface area contributed by atoms with Crippen LogP contribution in [0.3, 0.4) is 0 Å². The number of anilines is 2. The van der Waals surface area contributed by atoms with Gasteiger partial charge >= 0.3 is 0 Å². The molecule has 0 saturated carbocycles. The molecule has 0 aliphatic carbocycles. The van der Waals surface area contributed by atoms with E-state index in [1.165, 1.54) is 12.0 Å². The van der Waals surface area contributed by atoms with Crippen molar-refractivity contribution in [1.82, 2.24) is 24.5 Å². The van der Waals surface area contributed by atoms with Crippen LogP contribution in [0.25, 0.3) is 22.0 Å². The minimum absolute atomic E-state index is 0.00744. The second kappa shape index (κ2) is 9.35. The fourth-order valence-electron chi connectivity index (χ4n) is 4.73. The van der Waals surface area contributed by atoms with E-state index in [9.17, 15) is 0 Å². The van der Waals surface area contributed by atoms with Crippen LogP contribution in [0.5, 0.6) is 0 Å². The van der Waals surface area contributed by atoms with Crippen molar-refractivity contribution in [2.75, 3.05) is 11.9 Å². The summed E-state index contributed by atoms with van der Waals surface area (Å²) in [6, 6.07) is 19.1. The van der Waals surface area contributed by atoms with Gasteiger partial charge in [-0.2, -0.15) is 10.2 Å². The van der Waals surface area contributed by atoms with Gasteiger partial charge in [-0.3, -0.25) is 9.67 Å². The molecule has 4 heterocycles. The number of nitrogens with zero attached hydrogens (tertiary/aromatic N) is 5. The van der Waals surface area contributed by atoms with Crippen LogP contribution >= 0.6 is 0 Å². The van der Waals surface area contributed by atoms with Gasteiger partial charge in [0, 0.05) is 61.0 Å². The van der Waals surface area contributed by atoms with Gasteiger partial charge in [-0.25, -0.2) is 4.68 Å². The molecule has 1 atom stereocenters. The number of fused-ring (bicyclic) bond motifs is 1. The smallest absolute Gasteiger partial charge is 0.150 e. The van der Waals surface area contributed by atoms with Crippen molar-refractivity contribution in [2.45, 2.75) is 31.9 Å². The van der Waals surface area contributed by atoms with Crippen molar-refractivity contribution in [1.29, 1.82) is 0 Å². The Bertz CT molecular complexity index is 1430. The van der Waals surface area contributed by atoms with Crippen LogP contribution < -0.4 is 5.32 Å². The lowest BCUT2D eigenvalue weighted by Gasteiger charge is -2.23. The minimum atomic E-state index is -0.00744. The predicted molar refractivity (Wildman–Crippen MR) is 138 cm³/mol. The highest BCUT2D eigenvalue weighted by atomic mass is 16.5. The van der Waals surface area contributed by atoms with E-state index in [0.717, 1.165) is 65.0 Å². The summed E-state index contributed by atoms with van der Waals surface area (Å²) in [5.74, 6) is 0. The Kier molecular flexibility index (Phi) is 5.76. The maximum Gasteiger partial charge on any atom is 0.150 e. The zero-order valence-electron chi connectivity index (χ0n) is 19.8. The molecular formula is C28H28N6O. The third kappa shape index (κ3) is 4.55. The fraction of sp³-hybridized carbons (Fsp3) is 0.250. The van der Waals surface area contributed by atoms with Crippen molar-refractivity contribution < 1.29 is 4.74 Å². The van der Waals surface area contributed by atoms with Gasteiger partial charge in [0.25, 0.3) is 0 Å². The highest BCUT2D eigenvalue weighted by Crippen LogP contribution is 2.32. The predicted octanol–water partition coefficient (Wildman–Crippen LogP) is 5.87. The van der Waals surface area contributed by atoms with Crippen molar-refractivity contribution in [3.05, 3.63) is 90.6 Å². The minimum Gasteiger partial charge on any atom is -0.356 e. The Morgan fingerprint density at radius 3 is 2.57 bits per heavy atom.